The van der Waals surface area contributed by atoms with Gasteiger partial charge in [-0.1, -0.05) is 18.2 Å². The molecule has 2 amide bonds. The maximum absolute atomic E-state index is 15.3. The Hall–Kier alpha value is -4.75. The monoisotopic (exact) mass is 706 g/mol. The highest BCUT2D eigenvalue weighted by Crippen LogP contribution is 2.50. The van der Waals surface area contributed by atoms with E-state index in [9.17, 15) is 23.3 Å². The Morgan fingerprint density at radius 2 is 1.70 bits per heavy atom. The number of hydrogen-bond donors (Lipinski definition) is 1. The van der Waals surface area contributed by atoms with Gasteiger partial charge >= 0.3 is 6.09 Å². The van der Waals surface area contributed by atoms with Crippen molar-refractivity contribution in [3.8, 4) is 17.6 Å². The lowest BCUT2D eigenvalue weighted by Gasteiger charge is -2.41. The highest BCUT2D eigenvalue weighted by molar-refractivity contribution is 7.93. The van der Waals surface area contributed by atoms with Gasteiger partial charge in [0.15, 0.2) is 5.54 Å². The van der Waals surface area contributed by atoms with Crippen molar-refractivity contribution in [3.63, 3.8) is 0 Å². The van der Waals surface area contributed by atoms with Crippen LogP contribution in [-0.2, 0) is 25.2 Å². The first-order valence-corrected chi connectivity index (χ1v) is 17.8. The number of benzene rings is 3. The Balaban J connectivity index is 1.40. The molecule has 3 aliphatic rings. The maximum atomic E-state index is 15.3. The van der Waals surface area contributed by atoms with Crippen LogP contribution < -0.4 is 19.1 Å². The molecule has 0 aliphatic carbocycles. The summed E-state index contributed by atoms with van der Waals surface area (Å²) in [5.41, 5.74) is -3.22. The fourth-order valence-corrected chi connectivity index (χ4v) is 8.36. The summed E-state index contributed by atoms with van der Waals surface area (Å²) in [6, 6.07) is 15.7. The first-order valence-electron chi connectivity index (χ1n) is 16.4. The molecule has 0 radical (unpaired) electrons. The van der Waals surface area contributed by atoms with Crippen LogP contribution in [-0.4, -0.2) is 101 Å². The zero-order valence-corrected chi connectivity index (χ0v) is 28.9. The first-order chi connectivity index (χ1) is 24.0. The molecule has 3 heterocycles. The van der Waals surface area contributed by atoms with E-state index in [1.807, 2.05) is 0 Å². The Kier molecular flexibility index (Phi) is 9.99. The van der Waals surface area contributed by atoms with E-state index in [0.717, 1.165) is 38.1 Å². The standard InChI is InChI=1S/C35H39FN6O7S/c1-4-48-32-8-6-5-7-28(32)35(38-34(44)49-41-19-17-40(18-20-41)25-13-15-39(2)16-14-25)29-21-24(23-37)30(36)22-31(29)42(33(35)43)50(45,46)27-11-9-26(47-3)10-12-27/h5-12,21-22,25H,4,13-20H2,1-3H3,(H,38,44). The molecule has 50 heavy (non-hydrogen) atoms. The molecule has 2 fully saturated rings. The molecule has 0 aromatic heterocycles. The lowest BCUT2D eigenvalue weighted by Crippen LogP contribution is -2.57. The Bertz CT molecular complexity index is 1910. The van der Waals surface area contributed by atoms with Crippen molar-refractivity contribution < 1.29 is 36.7 Å². The molecule has 0 bridgehead atoms. The molecule has 1 N–H and O–H groups in total. The van der Waals surface area contributed by atoms with Crippen LogP contribution in [0.25, 0.3) is 0 Å². The number of nitrogens with zero attached hydrogens (tertiary/aromatic N) is 5. The van der Waals surface area contributed by atoms with E-state index < -0.39 is 38.9 Å². The van der Waals surface area contributed by atoms with Crippen LogP contribution in [0.1, 0.15) is 36.5 Å². The highest BCUT2D eigenvalue weighted by atomic mass is 32.2. The average molecular weight is 707 g/mol. The molecule has 3 aromatic rings. The van der Waals surface area contributed by atoms with Crippen LogP contribution in [0, 0.1) is 17.1 Å². The number of ether oxygens (including phenoxy) is 2. The largest absolute Gasteiger partial charge is 0.497 e. The molecule has 3 aliphatic heterocycles. The van der Waals surface area contributed by atoms with E-state index >= 15 is 4.39 Å². The summed E-state index contributed by atoms with van der Waals surface area (Å²) in [6.07, 6.45) is 1.07. The number of halogens is 1. The predicted octanol–water partition coefficient (Wildman–Crippen LogP) is 3.44. The van der Waals surface area contributed by atoms with Gasteiger partial charge in [-0.05, 0) is 76.3 Å². The molecule has 6 rings (SSSR count). The lowest BCUT2D eigenvalue weighted by atomic mass is 9.82. The van der Waals surface area contributed by atoms with E-state index in [4.69, 9.17) is 14.3 Å². The van der Waals surface area contributed by atoms with Crippen LogP contribution >= 0.6 is 0 Å². The van der Waals surface area contributed by atoms with E-state index in [2.05, 4.69) is 22.2 Å². The number of likely N-dealkylation sites (tertiary alicyclic amines) is 1. The number of fused-ring (bicyclic) bond motifs is 1. The maximum Gasteiger partial charge on any atom is 0.427 e. The second-order valence-corrected chi connectivity index (χ2v) is 14.2. The molecule has 15 heteroatoms. The summed E-state index contributed by atoms with van der Waals surface area (Å²) in [5.74, 6) is -1.66. The second-order valence-electron chi connectivity index (χ2n) is 12.4. The summed E-state index contributed by atoms with van der Waals surface area (Å²) in [4.78, 5) is 39.0. The number of hydroxylamine groups is 2. The number of nitriles is 1. The number of sulfonamides is 1. The molecule has 1 unspecified atom stereocenters. The van der Waals surface area contributed by atoms with Crippen LogP contribution in [0.15, 0.2) is 65.6 Å². The fourth-order valence-electron chi connectivity index (χ4n) is 6.90. The van der Waals surface area contributed by atoms with Crippen molar-refractivity contribution in [1.82, 2.24) is 20.2 Å². The van der Waals surface area contributed by atoms with Crippen LogP contribution in [0.4, 0.5) is 14.9 Å². The van der Waals surface area contributed by atoms with Gasteiger partial charge in [0.2, 0.25) is 0 Å². The van der Waals surface area contributed by atoms with Crippen molar-refractivity contribution >= 4 is 27.7 Å². The summed E-state index contributed by atoms with van der Waals surface area (Å²) >= 11 is 0. The third-order valence-electron chi connectivity index (χ3n) is 9.50. The fraction of sp³-hybridized carbons (Fsp3) is 0.400. The predicted molar refractivity (Wildman–Crippen MR) is 180 cm³/mol. The van der Waals surface area contributed by atoms with Gasteiger partial charge < -0.3 is 19.2 Å². The quantitative estimate of drug-likeness (QED) is 0.350. The zero-order valence-electron chi connectivity index (χ0n) is 28.1. The molecular formula is C35H39FN6O7S. The van der Waals surface area contributed by atoms with E-state index in [1.54, 1.807) is 31.2 Å². The van der Waals surface area contributed by atoms with Crippen molar-refractivity contribution in [1.29, 1.82) is 5.26 Å². The number of piperazine rings is 1. The van der Waals surface area contributed by atoms with Gasteiger partial charge in [-0.25, -0.2) is 17.6 Å². The molecule has 1 atom stereocenters. The number of nitrogens with one attached hydrogen (secondary N) is 1. The number of anilines is 1. The van der Waals surface area contributed by atoms with Crippen molar-refractivity contribution in [2.75, 3.05) is 64.3 Å². The minimum absolute atomic E-state index is 0.0695. The molecule has 3 aromatic carbocycles. The van der Waals surface area contributed by atoms with Crippen molar-refractivity contribution in [2.24, 2.45) is 0 Å². The third kappa shape index (κ3) is 6.35. The minimum atomic E-state index is -4.72. The Labute approximate surface area is 290 Å². The van der Waals surface area contributed by atoms with Crippen LogP contribution in [0.3, 0.4) is 0 Å². The minimum Gasteiger partial charge on any atom is -0.497 e. The van der Waals surface area contributed by atoms with E-state index in [-0.39, 0.29) is 34.1 Å². The lowest BCUT2D eigenvalue weighted by molar-refractivity contribution is -0.133. The highest BCUT2D eigenvalue weighted by Gasteiger charge is 2.59. The number of piperidine rings is 1. The van der Waals surface area contributed by atoms with E-state index in [0.29, 0.717) is 42.3 Å². The second kappa shape index (κ2) is 14.2. The summed E-state index contributed by atoms with van der Waals surface area (Å²) in [5, 5.41) is 14.0. The van der Waals surface area contributed by atoms with Gasteiger partial charge in [-0.3, -0.25) is 15.0 Å². The van der Waals surface area contributed by atoms with Crippen LogP contribution in [0.5, 0.6) is 11.5 Å². The topological polar surface area (TPSA) is 145 Å². The number of para-hydroxylation sites is 1. The van der Waals surface area contributed by atoms with E-state index in [1.165, 1.54) is 42.5 Å². The van der Waals surface area contributed by atoms with Gasteiger partial charge in [0, 0.05) is 49.4 Å². The first kappa shape index (κ1) is 35.1. The number of amides is 2. The Morgan fingerprint density at radius 1 is 1.02 bits per heavy atom. The van der Waals surface area contributed by atoms with Crippen molar-refractivity contribution in [2.45, 2.75) is 36.2 Å². The van der Waals surface area contributed by atoms with Gasteiger partial charge in [0.05, 0.1) is 29.9 Å². The summed E-state index contributed by atoms with van der Waals surface area (Å²) in [7, 11) is -1.19. The average Bonchev–Trinajstić information content (AvgIpc) is 3.35. The number of hydrogen-bond acceptors (Lipinski definition) is 11. The molecule has 2 saturated heterocycles. The van der Waals surface area contributed by atoms with Gasteiger partial charge in [-0.15, -0.1) is 5.06 Å². The molecular weight excluding hydrogens is 667 g/mol. The Morgan fingerprint density at radius 3 is 2.34 bits per heavy atom. The summed E-state index contributed by atoms with van der Waals surface area (Å²) < 4.78 is 55.4. The molecule has 0 spiro atoms. The van der Waals surface area contributed by atoms with Crippen molar-refractivity contribution in [3.05, 3.63) is 83.2 Å². The van der Waals surface area contributed by atoms with Crippen LogP contribution in [0.2, 0.25) is 0 Å². The third-order valence-corrected chi connectivity index (χ3v) is 11.2. The summed E-state index contributed by atoms with van der Waals surface area (Å²) in [6.45, 7) is 6.09. The normalized spacial score (nSPS) is 20.6. The smallest absolute Gasteiger partial charge is 0.427 e. The van der Waals surface area contributed by atoms with Gasteiger partial charge in [0.1, 0.15) is 23.4 Å². The molecule has 13 nitrogen and oxygen atoms in total. The number of carbonyl (C=O) groups is 2. The SMILES string of the molecule is CCOc1ccccc1C1(NC(=O)ON2CCN(C3CCN(C)CC3)CC2)C(=O)N(S(=O)(=O)c2ccc(OC)cc2)c2cc(F)c(C#N)cc21. The number of methoxy groups -OCH3 is 1. The molecule has 264 valence electrons. The number of carbonyl (C=O) groups excluding carboxylic acids is 2. The zero-order chi connectivity index (χ0) is 35.6. The molecule has 0 saturated carbocycles. The van der Waals surface area contributed by atoms with Gasteiger partial charge in [-0.2, -0.15) is 9.57 Å². The number of rotatable bonds is 9. The van der Waals surface area contributed by atoms with Gasteiger partial charge in [0.25, 0.3) is 15.9 Å².